The van der Waals surface area contributed by atoms with Crippen LogP contribution in [0.4, 0.5) is 4.79 Å². The first-order valence-electron chi connectivity index (χ1n) is 5.24. The quantitative estimate of drug-likeness (QED) is 0.677. The minimum atomic E-state index is -0.524. The van der Waals surface area contributed by atoms with E-state index in [-0.39, 0.29) is 11.5 Å². The molecular weight excluding hydrogens is 192 g/mol. The fourth-order valence-electron chi connectivity index (χ4n) is 1.74. The van der Waals surface area contributed by atoms with Crippen LogP contribution < -0.4 is 5.73 Å². The summed E-state index contributed by atoms with van der Waals surface area (Å²) in [6.45, 7) is 7.51. The predicted octanol–water partition coefficient (Wildman–Crippen LogP) is 2.12. The number of hydrogen-bond donors (Lipinski definition) is 1. The molecule has 1 rings (SSSR count). The van der Waals surface area contributed by atoms with Crippen molar-refractivity contribution in [3.05, 3.63) is 0 Å². The summed E-state index contributed by atoms with van der Waals surface area (Å²) < 4.78 is 5.06. The molecule has 0 saturated heterocycles. The van der Waals surface area contributed by atoms with E-state index in [2.05, 4.69) is 4.99 Å². The third-order valence-corrected chi connectivity index (χ3v) is 2.33. The number of nitrogens with zero attached hydrogens (tertiary/aromatic N) is 1. The summed E-state index contributed by atoms with van der Waals surface area (Å²) in [5.41, 5.74) is 5.19. The van der Waals surface area contributed by atoms with E-state index < -0.39 is 11.7 Å². The molecule has 0 aromatic rings. The molecule has 4 nitrogen and oxygen atoms in total. The van der Waals surface area contributed by atoms with Gasteiger partial charge in [0, 0.05) is 17.7 Å². The molecule has 1 saturated carbocycles. The second kappa shape index (κ2) is 3.93. The zero-order chi connectivity index (χ0) is 11.7. The molecule has 0 spiro atoms. The number of carbonyl (C=O) groups excluding carboxylic acids is 1. The fraction of sp³-hybridized carbons (Fsp3) is 0.818. The van der Waals surface area contributed by atoms with E-state index in [1.165, 1.54) is 0 Å². The van der Waals surface area contributed by atoms with Crippen molar-refractivity contribution in [3.63, 3.8) is 0 Å². The molecule has 0 aromatic heterocycles. The lowest BCUT2D eigenvalue weighted by Gasteiger charge is -2.40. The molecule has 1 aliphatic rings. The molecule has 0 heterocycles. The largest absolute Gasteiger partial charge is 0.442 e. The van der Waals surface area contributed by atoms with Crippen molar-refractivity contribution in [3.8, 4) is 0 Å². The van der Waals surface area contributed by atoms with E-state index in [0.29, 0.717) is 0 Å². The standard InChI is InChI=1S/C11H20N2O2/c1-10(2,3)15-9(14)13-7-11(4)5-8(12)6-11/h7-8H,5-6,12H2,1-4H3/b13-7+/t8-,11-. The molecule has 0 radical (unpaired) electrons. The van der Waals surface area contributed by atoms with Crippen molar-refractivity contribution in [2.24, 2.45) is 16.1 Å². The SMILES string of the molecule is CC(C)(C)OC(=O)/N=C/[C@]1(C)C[C@@H](N)C1. The lowest BCUT2D eigenvalue weighted by molar-refractivity contribution is 0.0601. The fourth-order valence-corrected chi connectivity index (χ4v) is 1.74. The summed E-state index contributed by atoms with van der Waals surface area (Å²) in [5, 5.41) is 0. The summed E-state index contributed by atoms with van der Waals surface area (Å²) >= 11 is 0. The Kier molecular flexibility index (Phi) is 3.19. The van der Waals surface area contributed by atoms with Gasteiger partial charge in [0.1, 0.15) is 5.60 Å². The maximum absolute atomic E-state index is 11.3. The first-order valence-corrected chi connectivity index (χ1v) is 5.24. The molecule has 0 aliphatic heterocycles. The van der Waals surface area contributed by atoms with E-state index in [0.717, 1.165) is 12.8 Å². The van der Waals surface area contributed by atoms with Crippen LogP contribution in [0.1, 0.15) is 40.5 Å². The lowest BCUT2D eigenvalue weighted by Crippen LogP contribution is -2.45. The van der Waals surface area contributed by atoms with Gasteiger partial charge in [-0.25, -0.2) is 4.79 Å². The Hall–Kier alpha value is -0.900. The van der Waals surface area contributed by atoms with Crippen LogP contribution in [0, 0.1) is 5.41 Å². The maximum Gasteiger partial charge on any atom is 0.433 e. The van der Waals surface area contributed by atoms with Gasteiger partial charge < -0.3 is 10.5 Å². The van der Waals surface area contributed by atoms with Gasteiger partial charge in [0.2, 0.25) is 0 Å². The molecule has 4 heteroatoms. The summed E-state index contributed by atoms with van der Waals surface area (Å²) in [4.78, 5) is 15.1. The van der Waals surface area contributed by atoms with Crippen LogP contribution in [-0.4, -0.2) is 24.0 Å². The Labute approximate surface area is 90.9 Å². The third kappa shape index (κ3) is 4.00. The molecule has 0 atom stereocenters. The Balaban J connectivity index is 2.42. The highest BCUT2D eigenvalue weighted by molar-refractivity contribution is 5.82. The number of carbonyl (C=O) groups is 1. The smallest absolute Gasteiger partial charge is 0.433 e. The highest BCUT2D eigenvalue weighted by atomic mass is 16.6. The normalized spacial score (nSPS) is 31.4. The molecule has 1 aliphatic carbocycles. The van der Waals surface area contributed by atoms with Gasteiger partial charge in [-0.1, -0.05) is 6.92 Å². The molecule has 0 aromatic carbocycles. The van der Waals surface area contributed by atoms with Crippen molar-refractivity contribution in [2.45, 2.75) is 52.2 Å². The maximum atomic E-state index is 11.3. The van der Waals surface area contributed by atoms with Gasteiger partial charge in [0.05, 0.1) is 0 Å². The molecular formula is C11H20N2O2. The minimum Gasteiger partial charge on any atom is -0.442 e. The van der Waals surface area contributed by atoms with E-state index >= 15 is 0 Å². The van der Waals surface area contributed by atoms with Crippen molar-refractivity contribution in [1.82, 2.24) is 0 Å². The number of aliphatic imine (C=N–C) groups is 1. The van der Waals surface area contributed by atoms with E-state index in [9.17, 15) is 4.79 Å². The van der Waals surface area contributed by atoms with Crippen LogP contribution in [0.3, 0.4) is 0 Å². The number of ether oxygens (including phenoxy) is 1. The Morgan fingerprint density at radius 1 is 1.53 bits per heavy atom. The first kappa shape index (κ1) is 12.2. The van der Waals surface area contributed by atoms with Gasteiger partial charge in [-0.2, -0.15) is 4.99 Å². The van der Waals surface area contributed by atoms with Crippen molar-refractivity contribution in [2.75, 3.05) is 0 Å². The minimum absolute atomic E-state index is 0.0175. The number of amides is 1. The van der Waals surface area contributed by atoms with Crippen LogP contribution in [-0.2, 0) is 4.74 Å². The Morgan fingerprint density at radius 2 is 2.07 bits per heavy atom. The summed E-state index contributed by atoms with van der Waals surface area (Å²) in [6, 6.07) is 0.250. The lowest BCUT2D eigenvalue weighted by atomic mass is 9.68. The highest BCUT2D eigenvalue weighted by Gasteiger charge is 2.36. The van der Waals surface area contributed by atoms with Crippen molar-refractivity contribution >= 4 is 12.3 Å². The van der Waals surface area contributed by atoms with Crippen LogP contribution in [0.5, 0.6) is 0 Å². The number of rotatable bonds is 1. The summed E-state index contributed by atoms with van der Waals surface area (Å²) in [6.07, 6.45) is 2.92. The molecule has 0 unspecified atom stereocenters. The van der Waals surface area contributed by atoms with Crippen LogP contribution in [0.15, 0.2) is 4.99 Å². The summed E-state index contributed by atoms with van der Waals surface area (Å²) in [7, 11) is 0. The average Bonchev–Trinajstić information content (AvgIpc) is 1.95. The van der Waals surface area contributed by atoms with E-state index in [1.807, 2.05) is 27.7 Å². The molecule has 0 bridgehead atoms. The third-order valence-electron chi connectivity index (χ3n) is 2.33. The van der Waals surface area contributed by atoms with Gasteiger partial charge in [-0.05, 0) is 33.6 Å². The van der Waals surface area contributed by atoms with Crippen molar-refractivity contribution < 1.29 is 9.53 Å². The van der Waals surface area contributed by atoms with Gasteiger partial charge >= 0.3 is 6.09 Å². The predicted molar refractivity (Wildman–Crippen MR) is 60.0 cm³/mol. The second-order valence-corrected chi connectivity index (χ2v) is 5.56. The Bertz CT molecular complexity index is 273. The van der Waals surface area contributed by atoms with E-state index in [1.54, 1.807) is 6.21 Å². The molecule has 15 heavy (non-hydrogen) atoms. The molecule has 1 amide bonds. The average molecular weight is 212 g/mol. The highest BCUT2D eigenvalue weighted by Crippen LogP contribution is 2.37. The molecule has 1 fully saturated rings. The zero-order valence-corrected chi connectivity index (χ0v) is 9.91. The monoisotopic (exact) mass is 212 g/mol. The van der Waals surface area contributed by atoms with Gasteiger partial charge in [-0.3, -0.25) is 0 Å². The molecule has 86 valence electrons. The summed E-state index contributed by atoms with van der Waals surface area (Å²) in [5.74, 6) is 0. The topological polar surface area (TPSA) is 64.7 Å². The van der Waals surface area contributed by atoms with E-state index in [4.69, 9.17) is 10.5 Å². The van der Waals surface area contributed by atoms with Crippen molar-refractivity contribution in [1.29, 1.82) is 0 Å². The van der Waals surface area contributed by atoms with Crippen LogP contribution in [0.25, 0.3) is 0 Å². The second-order valence-electron chi connectivity index (χ2n) is 5.56. The van der Waals surface area contributed by atoms with Crippen LogP contribution in [0.2, 0.25) is 0 Å². The van der Waals surface area contributed by atoms with Crippen LogP contribution >= 0.6 is 0 Å². The van der Waals surface area contributed by atoms with Gasteiger partial charge in [0.15, 0.2) is 0 Å². The number of hydrogen-bond acceptors (Lipinski definition) is 3. The number of nitrogens with two attached hydrogens (primary N) is 1. The van der Waals surface area contributed by atoms with Gasteiger partial charge in [-0.15, -0.1) is 0 Å². The van der Waals surface area contributed by atoms with Gasteiger partial charge in [0.25, 0.3) is 0 Å². The molecule has 2 N–H and O–H groups in total. The first-order chi connectivity index (χ1) is 6.70. The zero-order valence-electron chi connectivity index (χ0n) is 9.91. The Morgan fingerprint density at radius 3 is 2.47 bits per heavy atom.